The molecule has 23 heavy (non-hydrogen) atoms. The van der Waals surface area contributed by atoms with Crippen molar-refractivity contribution in [2.24, 2.45) is 0 Å². The lowest BCUT2D eigenvalue weighted by atomic mass is 10.2. The highest BCUT2D eigenvalue weighted by molar-refractivity contribution is 6.31. The highest BCUT2D eigenvalue weighted by Gasteiger charge is 2.20. The molecule has 0 aromatic heterocycles. The first kappa shape index (κ1) is 16.8. The lowest BCUT2D eigenvalue weighted by Crippen LogP contribution is -2.35. The maximum Gasteiger partial charge on any atom is 0.342 e. The molecule has 1 amide bonds. The molecule has 0 bridgehead atoms. The summed E-state index contributed by atoms with van der Waals surface area (Å²) in [6.45, 7) is 1.69. The van der Waals surface area contributed by atoms with Crippen LogP contribution in [0.2, 0.25) is 5.02 Å². The van der Waals surface area contributed by atoms with Crippen LogP contribution >= 0.6 is 11.6 Å². The number of esters is 1. The van der Waals surface area contributed by atoms with Gasteiger partial charge in [0, 0.05) is 11.6 Å². The van der Waals surface area contributed by atoms with Gasteiger partial charge in [0.15, 0.2) is 6.10 Å². The number of nitrogens with one attached hydrogen (secondary N) is 1. The Morgan fingerprint density at radius 2 is 1.83 bits per heavy atom. The van der Waals surface area contributed by atoms with Gasteiger partial charge in [-0.2, -0.15) is 0 Å². The zero-order chi connectivity index (χ0) is 16.8. The summed E-state index contributed by atoms with van der Waals surface area (Å²) in [7, 11) is 0. The van der Waals surface area contributed by atoms with E-state index < -0.39 is 18.0 Å². The third-order valence-electron chi connectivity index (χ3n) is 3.19. The number of carbonyl (C=O) groups excluding carboxylic acids is 2. The highest BCUT2D eigenvalue weighted by Crippen LogP contribution is 2.17. The van der Waals surface area contributed by atoms with Gasteiger partial charge in [-0.25, -0.2) is 4.79 Å². The van der Waals surface area contributed by atoms with Crippen molar-refractivity contribution >= 4 is 23.5 Å². The average Bonchev–Trinajstić information content (AvgIpc) is 2.54. The van der Waals surface area contributed by atoms with Gasteiger partial charge < -0.3 is 15.2 Å². The van der Waals surface area contributed by atoms with E-state index in [2.05, 4.69) is 5.32 Å². The number of hydrogen-bond acceptors (Lipinski definition) is 4. The zero-order valence-corrected chi connectivity index (χ0v) is 13.2. The van der Waals surface area contributed by atoms with Gasteiger partial charge in [-0.1, -0.05) is 41.9 Å². The average molecular weight is 334 g/mol. The van der Waals surface area contributed by atoms with Crippen molar-refractivity contribution in [3.63, 3.8) is 0 Å². The molecule has 2 aromatic rings. The van der Waals surface area contributed by atoms with Gasteiger partial charge in [-0.3, -0.25) is 4.79 Å². The summed E-state index contributed by atoms with van der Waals surface area (Å²) in [4.78, 5) is 23.9. The molecule has 0 fully saturated rings. The molecule has 1 atom stereocenters. The van der Waals surface area contributed by atoms with E-state index in [-0.39, 0.29) is 17.9 Å². The molecule has 0 radical (unpaired) electrons. The normalized spacial score (nSPS) is 11.6. The second-order valence-electron chi connectivity index (χ2n) is 4.87. The summed E-state index contributed by atoms with van der Waals surface area (Å²) in [5.74, 6) is -1.40. The Hall–Kier alpha value is -2.53. The SMILES string of the molecule is CC(OC(=O)c1ccccc1O)C(=O)NCc1ccccc1Cl. The van der Waals surface area contributed by atoms with E-state index >= 15 is 0 Å². The summed E-state index contributed by atoms with van der Waals surface area (Å²) in [6, 6.07) is 13.1. The minimum Gasteiger partial charge on any atom is -0.507 e. The standard InChI is InChI=1S/C17H16ClNO4/c1-11(23-17(22)13-7-3-5-9-15(13)20)16(21)19-10-12-6-2-4-8-14(12)18/h2-9,11,20H,10H2,1H3,(H,19,21). The fourth-order valence-corrected chi connectivity index (χ4v) is 2.09. The highest BCUT2D eigenvalue weighted by atomic mass is 35.5. The smallest absolute Gasteiger partial charge is 0.342 e. The minimum atomic E-state index is -0.996. The van der Waals surface area contributed by atoms with Crippen molar-refractivity contribution in [1.29, 1.82) is 0 Å². The minimum absolute atomic E-state index is 0.0123. The summed E-state index contributed by atoms with van der Waals surface area (Å²) in [6.07, 6.45) is -0.996. The number of rotatable bonds is 5. The number of halogens is 1. The summed E-state index contributed by atoms with van der Waals surface area (Å²) in [5.41, 5.74) is 0.778. The third kappa shape index (κ3) is 4.47. The van der Waals surface area contributed by atoms with Crippen molar-refractivity contribution in [2.45, 2.75) is 19.6 Å². The van der Waals surface area contributed by atoms with Crippen molar-refractivity contribution in [3.05, 3.63) is 64.7 Å². The number of phenolic OH excluding ortho intramolecular Hbond substituents is 1. The molecule has 5 nitrogen and oxygen atoms in total. The van der Waals surface area contributed by atoms with Crippen LogP contribution in [0.1, 0.15) is 22.8 Å². The number of benzene rings is 2. The van der Waals surface area contributed by atoms with E-state index in [0.717, 1.165) is 5.56 Å². The number of hydrogen-bond donors (Lipinski definition) is 2. The maximum atomic E-state index is 12.0. The van der Waals surface area contributed by atoms with Crippen molar-refractivity contribution in [1.82, 2.24) is 5.32 Å². The fourth-order valence-electron chi connectivity index (χ4n) is 1.89. The Morgan fingerprint density at radius 1 is 1.17 bits per heavy atom. The van der Waals surface area contributed by atoms with Gasteiger partial charge in [0.2, 0.25) is 0 Å². The monoisotopic (exact) mass is 333 g/mol. The van der Waals surface area contributed by atoms with Gasteiger partial charge in [0.05, 0.1) is 0 Å². The van der Waals surface area contributed by atoms with Gasteiger partial charge in [0.1, 0.15) is 11.3 Å². The first-order valence-electron chi connectivity index (χ1n) is 6.99. The van der Waals surface area contributed by atoms with Crippen molar-refractivity contribution in [2.75, 3.05) is 0 Å². The molecular formula is C17H16ClNO4. The molecule has 0 saturated carbocycles. The summed E-state index contributed by atoms with van der Waals surface area (Å²) >= 11 is 6.00. The molecule has 0 heterocycles. The van der Waals surface area contributed by atoms with E-state index in [1.807, 2.05) is 6.07 Å². The van der Waals surface area contributed by atoms with Crippen LogP contribution in [0.4, 0.5) is 0 Å². The Kier molecular flexibility index (Phi) is 5.60. The Balaban J connectivity index is 1.91. The molecule has 2 rings (SSSR count). The van der Waals surface area contributed by atoms with E-state index in [0.29, 0.717) is 5.02 Å². The second-order valence-corrected chi connectivity index (χ2v) is 5.28. The number of aromatic hydroxyl groups is 1. The maximum absolute atomic E-state index is 12.0. The zero-order valence-electron chi connectivity index (χ0n) is 12.5. The van der Waals surface area contributed by atoms with Crippen molar-refractivity contribution in [3.8, 4) is 5.75 Å². The molecule has 1 unspecified atom stereocenters. The van der Waals surface area contributed by atoms with Crippen LogP contribution < -0.4 is 5.32 Å². The molecule has 120 valence electrons. The second kappa shape index (κ2) is 7.65. The Labute approximate surface area is 138 Å². The van der Waals surface area contributed by atoms with E-state index in [9.17, 15) is 14.7 Å². The van der Waals surface area contributed by atoms with E-state index in [1.54, 1.807) is 30.3 Å². The van der Waals surface area contributed by atoms with Crippen LogP contribution in [0.15, 0.2) is 48.5 Å². The first-order valence-corrected chi connectivity index (χ1v) is 7.37. The van der Waals surface area contributed by atoms with Gasteiger partial charge >= 0.3 is 5.97 Å². The molecule has 2 aromatic carbocycles. The van der Waals surface area contributed by atoms with Crippen LogP contribution in [-0.4, -0.2) is 23.1 Å². The largest absolute Gasteiger partial charge is 0.507 e. The lowest BCUT2D eigenvalue weighted by molar-refractivity contribution is -0.129. The molecule has 0 aliphatic rings. The lowest BCUT2D eigenvalue weighted by Gasteiger charge is -2.14. The topological polar surface area (TPSA) is 75.6 Å². The van der Waals surface area contributed by atoms with Crippen LogP contribution in [0.25, 0.3) is 0 Å². The van der Waals surface area contributed by atoms with Crippen LogP contribution in [0, 0.1) is 0 Å². The Bertz CT molecular complexity index is 717. The molecule has 0 aliphatic carbocycles. The fraction of sp³-hybridized carbons (Fsp3) is 0.176. The molecule has 0 saturated heterocycles. The molecule has 0 spiro atoms. The summed E-state index contributed by atoms with van der Waals surface area (Å²) < 4.78 is 5.05. The number of amides is 1. The van der Waals surface area contributed by atoms with Crippen LogP contribution in [0.5, 0.6) is 5.75 Å². The molecular weight excluding hydrogens is 318 g/mol. The predicted octanol–water partition coefficient (Wildman–Crippen LogP) is 2.91. The molecule has 0 aliphatic heterocycles. The quantitative estimate of drug-likeness (QED) is 0.825. The van der Waals surface area contributed by atoms with E-state index in [1.165, 1.54) is 19.1 Å². The Morgan fingerprint density at radius 3 is 2.52 bits per heavy atom. The molecule has 2 N–H and O–H groups in total. The van der Waals surface area contributed by atoms with Crippen LogP contribution in [0.3, 0.4) is 0 Å². The van der Waals surface area contributed by atoms with Gasteiger partial charge in [-0.05, 0) is 30.7 Å². The van der Waals surface area contributed by atoms with Crippen molar-refractivity contribution < 1.29 is 19.4 Å². The van der Waals surface area contributed by atoms with Gasteiger partial charge in [0.25, 0.3) is 5.91 Å². The number of ether oxygens (including phenoxy) is 1. The number of phenols is 1. The number of para-hydroxylation sites is 1. The van der Waals surface area contributed by atoms with Gasteiger partial charge in [-0.15, -0.1) is 0 Å². The molecule has 6 heteroatoms. The summed E-state index contributed by atoms with van der Waals surface area (Å²) in [5, 5.41) is 12.8. The predicted molar refractivity (Wildman–Crippen MR) is 86.3 cm³/mol. The number of carbonyl (C=O) groups is 2. The first-order chi connectivity index (χ1) is 11.0. The van der Waals surface area contributed by atoms with Crippen LogP contribution in [-0.2, 0) is 16.1 Å². The van der Waals surface area contributed by atoms with E-state index in [4.69, 9.17) is 16.3 Å². The third-order valence-corrected chi connectivity index (χ3v) is 3.56.